The number of hydrogen-bond acceptors (Lipinski definition) is 6. The Bertz CT molecular complexity index is 1650. The van der Waals surface area contributed by atoms with Gasteiger partial charge in [-0.25, -0.2) is 9.97 Å². The Morgan fingerprint density at radius 1 is 0.415 bits per heavy atom. The predicted octanol–water partition coefficient (Wildman–Crippen LogP) is 14.4. The fourth-order valence-electron chi connectivity index (χ4n) is 7.65. The van der Waals surface area contributed by atoms with E-state index in [0.717, 1.165) is 77.4 Å². The summed E-state index contributed by atoms with van der Waals surface area (Å²) in [6.45, 7) is 8.95. The molecule has 0 fully saturated rings. The summed E-state index contributed by atoms with van der Waals surface area (Å²) in [4.78, 5) is 15.1. The number of fused-ring (bicyclic) bond motifs is 4. The molecule has 5 rings (SSSR count). The van der Waals surface area contributed by atoms with E-state index in [9.17, 15) is 0 Å². The summed E-state index contributed by atoms with van der Waals surface area (Å²) in [5.41, 5.74) is 5.30. The van der Waals surface area contributed by atoms with Crippen LogP contribution in [0, 0.1) is 0 Å². The maximum atomic E-state index is 6.42. The zero-order chi connectivity index (χ0) is 36.9. The smallest absolute Gasteiger partial charge is 0.215 e. The van der Waals surface area contributed by atoms with Crippen molar-refractivity contribution >= 4 is 21.9 Å². The first-order chi connectivity index (χ1) is 26.2. The van der Waals surface area contributed by atoms with Gasteiger partial charge in [0.1, 0.15) is 17.0 Å². The Balaban J connectivity index is 1.26. The molecule has 0 saturated heterocycles. The number of unbranched alkanes of at least 4 members (excludes halogenated alkanes) is 21. The fourth-order valence-corrected chi connectivity index (χ4v) is 7.65. The molecule has 0 bridgehead atoms. The largest absolute Gasteiger partial charge is 0.494 e. The van der Waals surface area contributed by atoms with Gasteiger partial charge in [0.05, 0.1) is 31.2 Å². The average Bonchev–Trinajstić information content (AvgIpc) is 3.47. The number of pyridine rings is 1. The third-order valence-corrected chi connectivity index (χ3v) is 10.8. The fraction of sp³-hybridized carbons (Fsp3) is 0.638. The highest BCUT2D eigenvalue weighted by Crippen LogP contribution is 2.49. The SMILES string of the molecule is CCCCCCCCCCOc1cc2c3c(cc(OCCCCCCCCCC)cc3c1)-c1nc3nc(OCCCCCCCCCC)ccc3nc1-2. The Kier molecular flexibility index (Phi) is 18.0. The molecule has 2 aromatic carbocycles. The van der Waals surface area contributed by atoms with E-state index in [1.165, 1.54) is 140 Å². The molecule has 6 nitrogen and oxygen atoms in total. The van der Waals surface area contributed by atoms with Crippen LogP contribution in [0.1, 0.15) is 175 Å². The van der Waals surface area contributed by atoms with E-state index >= 15 is 0 Å². The lowest BCUT2D eigenvalue weighted by molar-refractivity contribution is 0.294. The van der Waals surface area contributed by atoms with Gasteiger partial charge in [-0.3, -0.25) is 0 Å². The van der Waals surface area contributed by atoms with Gasteiger partial charge < -0.3 is 14.2 Å². The van der Waals surface area contributed by atoms with E-state index in [2.05, 4.69) is 45.0 Å². The highest BCUT2D eigenvalue weighted by Gasteiger charge is 2.27. The van der Waals surface area contributed by atoms with Crippen molar-refractivity contribution < 1.29 is 14.2 Å². The molecule has 0 atom stereocenters. The molecule has 6 heteroatoms. The third kappa shape index (κ3) is 12.9. The van der Waals surface area contributed by atoms with Crippen LogP contribution in [-0.2, 0) is 0 Å². The number of benzene rings is 2. The van der Waals surface area contributed by atoms with Crippen LogP contribution in [0.15, 0.2) is 36.4 Å². The molecule has 0 unspecified atom stereocenters. The molecule has 0 N–H and O–H groups in total. The van der Waals surface area contributed by atoms with Crippen LogP contribution in [0.2, 0.25) is 0 Å². The first kappa shape index (κ1) is 40.8. The van der Waals surface area contributed by atoms with Crippen molar-refractivity contribution in [3.05, 3.63) is 36.4 Å². The second-order valence-corrected chi connectivity index (χ2v) is 15.4. The molecule has 0 saturated carbocycles. The molecule has 1 aliphatic carbocycles. The second kappa shape index (κ2) is 23.4. The summed E-state index contributed by atoms with van der Waals surface area (Å²) in [7, 11) is 0. The van der Waals surface area contributed by atoms with Gasteiger partial charge in [-0.1, -0.05) is 156 Å². The molecule has 0 radical (unpaired) electrons. The predicted molar refractivity (Wildman–Crippen MR) is 224 cm³/mol. The van der Waals surface area contributed by atoms with Crippen molar-refractivity contribution in [2.75, 3.05) is 19.8 Å². The number of nitrogens with zero attached hydrogens (tertiary/aromatic N) is 3. The molecule has 0 spiro atoms. The molecule has 290 valence electrons. The van der Waals surface area contributed by atoms with Crippen molar-refractivity contribution in [2.24, 2.45) is 0 Å². The number of hydrogen-bond donors (Lipinski definition) is 0. The van der Waals surface area contributed by atoms with Gasteiger partial charge in [0.25, 0.3) is 0 Å². The van der Waals surface area contributed by atoms with Gasteiger partial charge in [-0.2, -0.15) is 4.98 Å². The topological polar surface area (TPSA) is 66.4 Å². The van der Waals surface area contributed by atoms with E-state index in [1.54, 1.807) is 0 Å². The molecule has 0 amide bonds. The first-order valence-corrected chi connectivity index (χ1v) is 21.9. The average molecular weight is 724 g/mol. The minimum atomic E-state index is 0.620. The van der Waals surface area contributed by atoms with Gasteiger partial charge in [0.2, 0.25) is 5.88 Å². The number of ether oxygens (including phenoxy) is 3. The monoisotopic (exact) mass is 724 g/mol. The van der Waals surface area contributed by atoms with Crippen molar-refractivity contribution in [1.82, 2.24) is 15.0 Å². The summed E-state index contributed by atoms with van der Waals surface area (Å²) < 4.78 is 18.9. The minimum absolute atomic E-state index is 0.620. The minimum Gasteiger partial charge on any atom is -0.494 e. The summed E-state index contributed by atoms with van der Waals surface area (Å²) in [5, 5.41) is 2.28. The lowest BCUT2D eigenvalue weighted by atomic mass is 10.0. The summed E-state index contributed by atoms with van der Waals surface area (Å²) in [5.74, 6) is 2.39. The zero-order valence-corrected chi connectivity index (χ0v) is 33.6. The van der Waals surface area contributed by atoms with Crippen molar-refractivity contribution in [3.8, 4) is 39.9 Å². The van der Waals surface area contributed by atoms with E-state index in [0.29, 0.717) is 18.1 Å². The quantitative estimate of drug-likeness (QED) is 0.0439. The summed E-state index contributed by atoms with van der Waals surface area (Å²) in [6, 6.07) is 12.6. The van der Waals surface area contributed by atoms with Crippen molar-refractivity contribution in [1.29, 1.82) is 0 Å². The van der Waals surface area contributed by atoms with Crippen molar-refractivity contribution in [2.45, 2.75) is 175 Å². The van der Waals surface area contributed by atoms with Gasteiger partial charge in [-0.15, -0.1) is 0 Å². The van der Waals surface area contributed by atoms with Crippen LogP contribution in [0.25, 0.3) is 44.5 Å². The van der Waals surface area contributed by atoms with E-state index in [1.807, 2.05) is 12.1 Å². The number of rotatable bonds is 30. The van der Waals surface area contributed by atoms with Crippen LogP contribution in [0.5, 0.6) is 17.4 Å². The molecule has 2 heterocycles. The first-order valence-electron chi connectivity index (χ1n) is 21.9. The molecular formula is C47H69N3O3. The van der Waals surface area contributed by atoms with E-state index < -0.39 is 0 Å². The molecule has 53 heavy (non-hydrogen) atoms. The Labute approximate surface area is 321 Å². The zero-order valence-electron chi connectivity index (χ0n) is 33.6. The van der Waals surface area contributed by atoms with E-state index in [-0.39, 0.29) is 0 Å². The van der Waals surface area contributed by atoms with Gasteiger partial charge >= 0.3 is 0 Å². The molecule has 2 aromatic heterocycles. The normalized spacial score (nSPS) is 11.8. The highest BCUT2D eigenvalue weighted by molar-refractivity contribution is 6.15. The molecule has 0 aliphatic heterocycles. The summed E-state index contributed by atoms with van der Waals surface area (Å²) >= 11 is 0. The van der Waals surface area contributed by atoms with Gasteiger partial charge in [0.15, 0.2) is 5.65 Å². The van der Waals surface area contributed by atoms with Crippen LogP contribution in [0.3, 0.4) is 0 Å². The summed E-state index contributed by atoms with van der Waals surface area (Å²) in [6.07, 6.45) is 30.8. The maximum absolute atomic E-state index is 6.42. The Hall–Kier alpha value is -3.41. The van der Waals surface area contributed by atoms with Crippen LogP contribution in [-0.4, -0.2) is 34.8 Å². The molecule has 1 aliphatic rings. The van der Waals surface area contributed by atoms with Gasteiger partial charge in [0, 0.05) is 22.6 Å². The van der Waals surface area contributed by atoms with Crippen LogP contribution >= 0.6 is 0 Å². The Morgan fingerprint density at radius 2 is 0.830 bits per heavy atom. The lowest BCUT2D eigenvalue weighted by Gasteiger charge is -2.12. The lowest BCUT2D eigenvalue weighted by Crippen LogP contribution is -2.01. The van der Waals surface area contributed by atoms with E-state index in [4.69, 9.17) is 29.2 Å². The van der Waals surface area contributed by atoms with Gasteiger partial charge in [-0.05, 0) is 55.0 Å². The van der Waals surface area contributed by atoms with Crippen LogP contribution in [0.4, 0.5) is 0 Å². The van der Waals surface area contributed by atoms with Crippen molar-refractivity contribution in [3.63, 3.8) is 0 Å². The van der Waals surface area contributed by atoms with Crippen LogP contribution < -0.4 is 14.2 Å². The molecule has 4 aromatic rings. The second-order valence-electron chi connectivity index (χ2n) is 15.4. The maximum Gasteiger partial charge on any atom is 0.215 e. The third-order valence-electron chi connectivity index (χ3n) is 10.8. The standard InChI is InChI=1S/C47H69N3O3/c1-4-7-10-13-16-19-22-25-30-51-38-33-37-34-39(52-31-26-23-20-17-14-11-8-5-2)36-41-44(37)40(35-38)45-46(41)50-47-42(48-45)28-29-43(49-47)53-32-27-24-21-18-15-12-9-6-3/h28-29,33-36H,4-27,30-32H2,1-3H3. The Morgan fingerprint density at radius 3 is 1.30 bits per heavy atom. The number of aromatic nitrogens is 3. The highest BCUT2D eigenvalue weighted by atomic mass is 16.5. The molecular weight excluding hydrogens is 655 g/mol.